The second-order valence-electron chi connectivity index (χ2n) is 5.92. The number of aromatic nitrogens is 2. The van der Waals surface area contributed by atoms with Gasteiger partial charge >= 0.3 is 0 Å². The van der Waals surface area contributed by atoms with E-state index in [9.17, 15) is 14.7 Å². The summed E-state index contributed by atoms with van der Waals surface area (Å²) in [5, 5.41) is 13.2. The van der Waals surface area contributed by atoms with Crippen molar-refractivity contribution in [3.8, 4) is 0 Å². The highest BCUT2D eigenvalue weighted by Gasteiger charge is 2.35. The summed E-state index contributed by atoms with van der Waals surface area (Å²) >= 11 is 0. The van der Waals surface area contributed by atoms with Crippen LogP contribution in [-0.2, 0) is 16.1 Å². The monoisotopic (exact) mass is 308 g/mol. The van der Waals surface area contributed by atoms with Gasteiger partial charge in [-0.2, -0.15) is 0 Å². The number of imidazole rings is 1. The molecule has 1 aromatic heterocycles. The van der Waals surface area contributed by atoms with Crippen LogP contribution in [0.4, 0.5) is 0 Å². The normalized spacial score (nSPS) is 21.7. The summed E-state index contributed by atoms with van der Waals surface area (Å²) in [6.45, 7) is 3.02. The largest absolute Gasteiger partial charge is 0.388 e. The fourth-order valence-electron chi connectivity index (χ4n) is 2.82. The maximum atomic E-state index is 12.4. The summed E-state index contributed by atoms with van der Waals surface area (Å²) < 4.78 is 1.79. The number of aliphatic hydroxyl groups is 1. The van der Waals surface area contributed by atoms with E-state index in [-0.39, 0.29) is 31.3 Å². The Kier molecular flexibility index (Phi) is 5.18. The Morgan fingerprint density at radius 1 is 1.50 bits per heavy atom. The molecule has 7 nitrogen and oxygen atoms in total. The summed E-state index contributed by atoms with van der Waals surface area (Å²) in [6.07, 6.45) is 5.46. The molecule has 1 aromatic rings. The lowest BCUT2D eigenvalue weighted by atomic mass is 9.88. The molecule has 1 fully saturated rings. The van der Waals surface area contributed by atoms with Gasteiger partial charge in [0.25, 0.3) is 0 Å². The molecule has 0 unspecified atom stereocenters. The summed E-state index contributed by atoms with van der Waals surface area (Å²) in [6, 6.07) is 0. The number of β-amino-alcohol motifs (C(OH)–C–C–N with tert-alkyl or cyclic N) is 1. The molecule has 1 saturated heterocycles. The highest BCUT2D eigenvalue weighted by Crippen LogP contribution is 2.26. The molecule has 0 bridgehead atoms. The first-order valence-corrected chi connectivity index (χ1v) is 7.62. The first kappa shape index (κ1) is 16.5. The Morgan fingerprint density at radius 3 is 2.91 bits per heavy atom. The van der Waals surface area contributed by atoms with Gasteiger partial charge < -0.3 is 19.9 Å². The highest BCUT2D eigenvalue weighted by atomic mass is 16.3. The number of carbonyl (C=O) groups is 2. The summed E-state index contributed by atoms with van der Waals surface area (Å²) in [5.74, 6) is 0.672. The van der Waals surface area contributed by atoms with Crippen LogP contribution in [0.2, 0.25) is 0 Å². The van der Waals surface area contributed by atoms with Crippen LogP contribution in [0.25, 0.3) is 0 Å². The molecule has 2 rings (SSSR count). The van der Waals surface area contributed by atoms with Gasteiger partial charge in [0.15, 0.2) is 0 Å². The molecule has 2 heterocycles. The van der Waals surface area contributed by atoms with E-state index >= 15 is 0 Å². The van der Waals surface area contributed by atoms with Crippen molar-refractivity contribution in [2.24, 2.45) is 0 Å². The van der Waals surface area contributed by atoms with Crippen LogP contribution in [0.5, 0.6) is 0 Å². The molecule has 0 radical (unpaired) electrons. The first-order valence-electron chi connectivity index (χ1n) is 7.62. The number of carbonyl (C=O) groups excluding carboxylic acids is 2. The second-order valence-corrected chi connectivity index (χ2v) is 5.92. The molecule has 0 aromatic carbocycles. The minimum Gasteiger partial charge on any atom is -0.388 e. The molecule has 2 amide bonds. The van der Waals surface area contributed by atoms with Gasteiger partial charge in [-0.3, -0.25) is 9.59 Å². The molecule has 7 heteroatoms. The van der Waals surface area contributed by atoms with Crippen LogP contribution in [0.3, 0.4) is 0 Å². The Balaban J connectivity index is 1.93. The van der Waals surface area contributed by atoms with E-state index in [1.807, 2.05) is 6.92 Å². The zero-order valence-corrected chi connectivity index (χ0v) is 13.2. The van der Waals surface area contributed by atoms with Crippen molar-refractivity contribution in [1.29, 1.82) is 0 Å². The molecule has 0 saturated carbocycles. The van der Waals surface area contributed by atoms with Crippen LogP contribution in [-0.4, -0.2) is 57.1 Å². The van der Waals surface area contributed by atoms with E-state index < -0.39 is 5.60 Å². The third-order valence-corrected chi connectivity index (χ3v) is 4.23. The Bertz CT molecular complexity index is 543. The SMILES string of the molecule is CNC(=O)CC[C@@]1(O)CCCN(C(=O)Cn2ccnc2C)C1. The smallest absolute Gasteiger partial charge is 0.242 e. The number of nitrogens with zero attached hydrogens (tertiary/aromatic N) is 3. The lowest BCUT2D eigenvalue weighted by Crippen LogP contribution is -2.51. The van der Waals surface area contributed by atoms with Gasteiger partial charge in [-0.1, -0.05) is 0 Å². The summed E-state index contributed by atoms with van der Waals surface area (Å²) in [7, 11) is 1.58. The van der Waals surface area contributed by atoms with E-state index in [0.717, 1.165) is 12.2 Å². The maximum absolute atomic E-state index is 12.4. The van der Waals surface area contributed by atoms with E-state index in [2.05, 4.69) is 10.3 Å². The molecule has 2 N–H and O–H groups in total. The van der Waals surface area contributed by atoms with Gasteiger partial charge in [-0.25, -0.2) is 4.98 Å². The van der Waals surface area contributed by atoms with Gasteiger partial charge in [-0.05, 0) is 26.2 Å². The van der Waals surface area contributed by atoms with Crippen LogP contribution in [0.1, 0.15) is 31.5 Å². The quantitative estimate of drug-likeness (QED) is 0.806. The lowest BCUT2D eigenvalue weighted by molar-refractivity contribution is -0.139. The van der Waals surface area contributed by atoms with Gasteiger partial charge in [0.05, 0.1) is 5.60 Å². The standard InChI is InChI=1S/C15H24N4O3/c1-12-17-7-9-18(12)10-14(21)19-8-3-5-15(22,11-19)6-4-13(20)16-2/h7,9,22H,3-6,8,10-11H2,1-2H3,(H,16,20)/t15-/m0/s1. The topological polar surface area (TPSA) is 87.5 Å². The first-order chi connectivity index (χ1) is 10.4. The van der Waals surface area contributed by atoms with Crippen LogP contribution < -0.4 is 5.32 Å². The van der Waals surface area contributed by atoms with Gasteiger partial charge in [0.1, 0.15) is 12.4 Å². The average Bonchev–Trinajstić information content (AvgIpc) is 2.90. The van der Waals surface area contributed by atoms with Crippen LogP contribution in [0.15, 0.2) is 12.4 Å². The molecular formula is C15H24N4O3. The highest BCUT2D eigenvalue weighted by molar-refractivity contribution is 5.76. The predicted octanol–water partition coefficient (Wildman–Crippen LogP) is 0.0712. The van der Waals surface area contributed by atoms with Gasteiger partial charge in [0.2, 0.25) is 11.8 Å². The average molecular weight is 308 g/mol. The maximum Gasteiger partial charge on any atom is 0.242 e. The van der Waals surface area contributed by atoms with Gasteiger partial charge in [-0.15, -0.1) is 0 Å². The molecule has 0 spiro atoms. The molecule has 0 aliphatic carbocycles. The molecular weight excluding hydrogens is 284 g/mol. The Morgan fingerprint density at radius 2 is 2.27 bits per heavy atom. The van der Waals surface area contributed by atoms with E-state index in [1.54, 1.807) is 28.9 Å². The van der Waals surface area contributed by atoms with Crippen molar-refractivity contribution in [3.05, 3.63) is 18.2 Å². The zero-order valence-electron chi connectivity index (χ0n) is 13.2. The fourth-order valence-corrected chi connectivity index (χ4v) is 2.82. The van der Waals surface area contributed by atoms with Gasteiger partial charge in [0, 0.05) is 39.0 Å². The number of nitrogens with one attached hydrogen (secondary N) is 1. The molecule has 1 aliphatic rings. The Hall–Kier alpha value is -1.89. The van der Waals surface area contributed by atoms with Crippen molar-refractivity contribution in [3.63, 3.8) is 0 Å². The number of hydrogen-bond donors (Lipinski definition) is 2. The number of likely N-dealkylation sites (tertiary alicyclic amines) is 1. The number of piperidine rings is 1. The predicted molar refractivity (Wildman–Crippen MR) is 81.0 cm³/mol. The van der Waals surface area contributed by atoms with Crippen molar-refractivity contribution in [2.75, 3.05) is 20.1 Å². The summed E-state index contributed by atoms with van der Waals surface area (Å²) in [4.78, 5) is 29.5. The van der Waals surface area contributed by atoms with E-state index in [1.165, 1.54) is 0 Å². The molecule has 1 aliphatic heterocycles. The zero-order chi connectivity index (χ0) is 16.2. The molecule has 22 heavy (non-hydrogen) atoms. The third-order valence-electron chi connectivity index (χ3n) is 4.23. The van der Waals surface area contributed by atoms with Crippen molar-refractivity contribution in [1.82, 2.24) is 19.8 Å². The lowest BCUT2D eigenvalue weighted by Gasteiger charge is -2.39. The minimum absolute atomic E-state index is 0.0285. The number of hydrogen-bond acceptors (Lipinski definition) is 4. The van der Waals surface area contributed by atoms with Crippen LogP contribution >= 0.6 is 0 Å². The fraction of sp³-hybridized carbons (Fsp3) is 0.667. The number of rotatable bonds is 5. The molecule has 1 atom stereocenters. The van der Waals surface area contributed by atoms with Crippen molar-refractivity contribution >= 4 is 11.8 Å². The Labute approximate surface area is 130 Å². The summed E-state index contributed by atoms with van der Waals surface area (Å²) in [5.41, 5.74) is -0.968. The number of aryl methyl sites for hydroxylation is 1. The minimum atomic E-state index is -0.968. The van der Waals surface area contributed by atoms with E-state index in [4.69, 9.17) is 0 Å². The number of amides is 2. The van der Waals surface area contributed by atoms with Crippen LogP contribution in [0, 0.1) is 6.92 Å². The second kappa shape index (κ2) is 6.91. The van der Waals surface area contributed by atoms with E-state index in [0.29, 0.717) is 19.4 Å². The molecule has 122 valence electrons. The van der Waals surface area contributed by atoms with Crippen molar-refractivity contribution < 1.29 is 14.7 Å². The van der Waals surface area contributed by atoms with Crippen molar-refractivity contribution in [2.45, 2.75) is 44.8 Å². The third kappa shape index (κ3) is 4.07.